The molecule has 0 spiro atoms. The minimum atomic E-state index is -3.64. The molecule has 170 valence electrons. The molecule has 0 radical (unpaired) electrons. The lowest BCUT2D eigenvalue weighted by Crippen LogP contribution is -2.19. The van der Waals surface area contributed by atoms with Gasteiger partial charge in [-0.15, -0.1) is 0 Å². The Morgan fingerprint density at radius 3 is 1.73 bits per heavy atom. The van der Waals surface area contributed by atoms with Gasteiger partial charge >= 0.3 is 0 Å². The molecule has 2 aromatic carbocycles. The summed E-state index contributed by atoms with van der Waals surface area (Å²) < 4.78 is 27.1. The molecule has 0 heterocycles. The average molecular weight is 437 g/mol. The highest BCUT2D eigenvalue weighted by atomic mass is 32.2. The molecule has 2 rings (SSSR count). The Bertz CT molecular complexity index is 774. The largest absolute Gasteiger partial charge is 0.326 e. The van der Waals surface area contributed by atoms with Crippen LogP contribution in [0.2, 0.25) is 0 Å². The summed E-state index contributed by atoms with van der Waals surface area (Å²) in [6.45, 7) is 16.0. The summed E-state index contributed by atoms with van der Waals surface area (Å²) in [4.78, 5) is 12.0. The smallest absolute Gasteiger partial charge is 0.261 e. The second kappa shape index (κ2) is 17.5. The number of nitrogens with one attached hydrogen (secondary N) is 2. The van der Waals surface area contributed by atoms with Gasteiger partial charge in [0, 0.05) is 17.3 Å². The van der Waals surface area contributed by atoms with Crippen molar-refractivity contribution in [3.05, 3.63) is 54.6 Å². The fraction of sp³-hybridized carbons (Fsp3) is 0.458. The van der Waals surface area contributed by atoms with Crippen molar-refractivity contribution in [2.45, 2.75) is 73.1 Å². The van der Waals surface area contributed by atoms with Crippen LogP contribution >= 0.6 is 0 Å². The van der Waals surface area contributed by atoms with Crippen molar-refractivity contribution in [1.29, 1.82) is 0 Å². The first-order chi connectivity index (χ1) is 14.3. The first kappa shape index (κ1) is 29.9. The fourth-order valence-corrected chi connectivity index (χ4v) is 2.95. The average Bonchev–Trinajstić information content (AvgIpc) is 2.77. The predicted molar refractivity (Wildman–Crippen MR) is 130 cm³/mol. The molecule has 2 N–H and O–H groups in total. The molecule has 0 aromatic heterocycles. The zero-order chi connectivity index (χ0) is 23.6. The number of hydrogen-bond donors (Lipinski definition) is 2. The minimum absolute atomic E-state index is 0.0782. The molecule has 0 fully saturated rings. The number of carbonyl (C=O) groups is 1. The SMILES string of the molecule is CC.CC.CCC.CCC(C)C(=O)Nc1ccc(S(=O)(=O)Nc2ccccc2)cc1. The normalized spacial score (nSPS) is 10.5. The van der Waals surface area contributed by atoms with Gasteiger partial charge in [-0.05, 0) is 42.8 Å². The van der Waals surface area contributed by atoms with Crippen LogP contribution in [-0.2, 0) is 14.8 Å². The lowest BCUT2D eigenvalue weighted by molar-refractivity contribution is -0.119. The Labute approximate surface area is 184 Å². The summed E-state index contributed by atoms with van der Waals surface area (Å²) in [5.41, 5.74) is 1.08. The quantitative estimate of drug-likeness (QED) is 0.515. The maximum atomic E-state index is 12.3. The third kappa shape index (κ3) is 11.6. The van der Waals surface area contributed by atoms with Crippen LogP contribution in [0.15, 0.2) is 59.5 Å². The standard InChI is InChI=1S/C17H20N2O3S.C3H8.2C2H6/c1-3-13(2)17(20)18-14-9-11-16(12-10-14)23(21,22)19-15-7-5-4-6-8-15;1-3-2;2*1-2/h4-13,19H,3H2,1-2H3,(H,18,20);3H2,1-2H3;2*1-2H3. The molecule has 2 aromatic rings. The maximum absolute atomic E-state index is 12.3. The third-order valence-electron chi connectivity index (χ3n) is 3.52. The highest BCUT2D eigenvalue weighted by molar-refractivity contribution is 7.92. The van der Waals surface area contributed by atoms with Gasteiger partial charge in [0.1, 0.15) is 0 Å². The van der Waals surface area contributed by atoms with Crippen LogP contribution in [0, 0.1) is 5.92 Å². The van der Waals surface area contributed by atoms with Crippen LogP contribution in [0.1, 0.15) is 68.2 Å². The summed E-state index contributed by atoms with van der Waals surface area (Å²) in [6, 6.07) is 14.8. The van der Waals surface area contributed by atoms with E-state index in [2.05, 4.69) is 23.9 Å². The molecule has 0 aliphatic carbocycles. The van der Waals surface area contributed by atoms with Crippen molar-refractivity contribution in [2.75, 3.05) is 10.0 Å². The monoisotopic (exact) mass is 436 g/mol. The van der Waals surface area contributed by atoms with Crippen LogP contribution in [0.3, 0.4) is 0 Å². The lowest BCUT2D eigenvalue weighted by Gasteiger charge is -2.11. The number of para-hydroxylation sites is 1. The molecule has 0 bridgehead atoms. The molecule has 5 nitrogen and oxygen atoms in total. The third-order valence-corrected chi connectivity index (χ3v) is 4.92. The van der Waals surface area contributed by atoms with Gasteiger partial charge in [-0.2, -0.15) is 0 Å². The molecule has 0 aliphatic heterocycles. The molecule has 6 heteroatoms. The molecule has 1 amide bonds. The van der Waals surface area contributed by atoms with Crippen molar-refractivity contribution < 1.29 is 13.2 Å². The maximum Gasteiger partial charge on any atom is 0.261 e. The first-order valence-electron chi connectivity index (χ1n) is 10.8. The van der Waals surface area contributed by atoms with Gasteiger partial charge in [0.2, 0.25) is 5.91 Å². The summed E-state index contributed by atoms with van der Waals surface area (Å²) in [5.74, 6) is -0.163. The van der Waals surface area contributed by atoms with Gasteiger partial charge in [-0.25, -0.2) is 8.42 Å². The van der Waals surface area contributed by atoms with Gasteiger partial charge < -0.3 is 5.32 Å². The number of benzene rings is 2. The van der Waals surface area contributed by atoms with E-state index in [0.717, 1.165) is 6.42 Å². The van der Waals surface area contributed by atoms with Gasteiger partial charge in [0.15, 0.2) is 0 Å². The van der Waals surface area contributed by atoms with E-state index in [-0.39, 0.29) is 16.7 Å². The Kier molecular flexibility index (Phi) is 17.4. The van der Waals surface area contributed by atoms with Gasteiger partial charge in [-0.1, -0.05) is 80.0 Å². The van der Waals surface area contributed by atoms with Crippen LogP contribution in [-0.4, -0.2) is 14.3 Å². The van der Waals surface area contributed by atoms with Crippen molar-refractivity contribution in [3.8, 4) is 0 Å². The Hall–Kier alpha value is -2.34. The topological polar surface area (TPSA) is 75.3 Å². The van der Waals surface area contributed by atoms with Crippen molar-refractivity contribution in [2.24, 2.45) is 5.92 Å². The molecule has 1 atom stereocenters. The Morgan fingerprint density at radius 2 is 1.30 bits per heavy atom. The highest BCUT2D eigenvalue weighted by Crippen LogP contribution is 2.18. The number of carbonyl (C=O) groups excluding carboxylic acids is 1. The van der Waals surface area contributed by atoms with E-state index in [1.165, 1.54) is 18.6 Å². The fourth-order valence-electron chi connectivity index (χ4n) is 1.89. The highest BCUT2D eigenvalue weighted by Gasteiger charge is 2.15. The summed E-state index contributed by atoms with van der Waals surface area (Å²) in [5, 5.41) is 2.77. The van der Waals surface area contributed by atoms with E-state index in [1.807, 2.05) is 47.6 Å². The van der Waals surface area contributed by atoms with Crippen LogP contribution in [0.4, 0.5) is 11.4 Å². The van der Waals surface area contributed by atoms with E-state index in [4.69, 9.17) is 0 Å². The summed E-state index contributed by atoms with van der Waals surface area (Å²) >= 11 is 0. The Morgan fingerprint density at radius 1 is 0.833 bits per heavy atom. The molecule has 0 aliphatic rings. The number of amides is 1. The molecule has 0 saturated heterocycles. The number of rotatable bonds is 6. The molecule has 30 heavy (non-hydrogen) atoms. The second-order valence-electron chi connectivity index (χ2n) is 6.00. The van der Waals surface area contributed by atoms with Crippen molar-refractivity contribution in [1.82, 2.24) is 0 Å². The van der Waals surface area contributed by atoms with Gasteiger partial charge in [-0.3, -0.25) is 9.52 Å². The number of anilines is 2. The minimum Gasteiger partial charge on any atom is -0.326 e. The van der Waals surface area contributed by atoms with Crippen molar-refractivity contribution >= 4 is 27.3 Å². The van der Waals surface area contributed by atoms with Gasteiger partial charge in [0.05, 0.1) is 4.90 Å². The second-order valence-corrected chi connectivity index (χ2v) is 7.68. The van der Waals surface area contributed by atoms with Crippen molar-refractivity contribution in [3.63, 3.8) is 0 Å². The van der Waals surface area contributed by atoms with Crippen LogP contribution < -0.4 is 10.0 Å². The zero-order valence-electron chi connectivity index (χ0n) is 19.8. The molecular formula is C24H40N2O3S. The Balaban J connectivity index is 0. The molecular weight excluding hydrogens is 396 g/mol. The van der Waals surface area contributed by atoms with Crippen LogP contribution in [0.25, 0.3) is 0 Å². The summed E-state index contributed by atoms with van der Waals surface area (Å²) in [7, 11) is -3.64. The summed E-state index contributed by atoms with van der Waals surface area (Å²) in [6.07, 6.45) is 2.00. The van der Waals surface area contributed by atoms with E-state index in [9.17, 15) is 13.2 Å². The zero-order valence-corrected chi connectivity index (χ0v) is 20.6. The van der Waals surface area contributed by atoms with Gasteiger partial charge in [0.25, 0.3) is 10.0 Å². The van der Waals surface area contributed by atoms with E-state index in [0.29, 0.717) is 11.4 Å². The molecule has 1 unspecified atom stereocenters. The first-order valence-corrected chi connectivity index (χ1v) is 12.3. The molecule has 0 saturated carbocycles. The number of sulfonamides is 1. The van der Waals surface area contributed by atoms with Crippen LogP contribution in [0.5, 0.6) is 0 Å². The lowest BCUT2D eigenvalue weighted by atomic mass is 10.1. The van der Waals surface area contributed by atoms with E-state index in [1.54, 1.807) is 36.4 Å². The van der Waals surface area contributed by atoms with E-state index >= 15 is 0 Å². The predicted octanol–water partition coefficient (Wildman–Crippen LogP) is 6.94. The van der Waals surface area contributed by atoms with E-state index < -0.39 is 10.0 Å². The number of hydrogen-bond acceptors (Lipinski definition) is 3.